The van der Waals surface area contributed by atoms with Crippen LogP contribution >= 0.6 is 22.9 Å². The van der Waals surface area contributed by atoms with Crippen molar-refractivity contribution in [1.82, 2.24) is 4.98 Å². The minimum atomic E-state index is 0.0106. The van der Waals surface area contributed by atoms with Crippen LogP contribution in [0.4, 0.5) is 10.8 Å². The molecule has 0 N–H and O–H groups in total. The van der Waals surface area contributed by atoms with Crippen molar-refractivity contribution >= 4 is 39.5 Å². The van der Waals surface area contributed by atoms with Gasteiger partial charge < -0.3 is 4.90 Å². The summed E-state index contributed by atoms with van der Waals surface area (Å²) in [5.74, 6) is 0. The van der Waals surface area contributed by atoms with Crippen molar-refractivity contribution in [2.24, 2.45) is 5.10 Å². The van der Waals surface area contributed by atoms with Crippen molar-refractivity contribution in [3.05, 3.63) is 112 Å². The average molecular weight is 459 g/mol. The van der Waals surface area contributed by atoms with Crippen molar-refractivity contribution in [3.8, 4) is 0 Å². The highest BCUT2D eigenvalue weighted by Crippen LogP contribution is 2.43. The number of thiazole rings is 1. The quantitative estimate of drug-likeness (QED) is 0.319. The van der Waals surface area contributed by atoms with Gasteiger partial charge in [0.25, 0.3) is 0 Å². The Kier molecular flexibility index (Phi) is 5.93. The number of aromatic nitrogens is 1. The molecule has 1 aliphatic rings. The third kappa shape index (κ3) is 4.27. The second-order valence-corrected chi connectivity index (χ2v) is 9.17. The molecule has 4 aromatic rings. The van der Waals surface area contributed by atoms with Gasteiger partial charge in [0.05, 0.1) is 22.3 Å². The molecule has 1 atom stereocenters. The third-order valence-electron chi connectivity index (χ3n) is 5.53. The zero-order valence-electron chi connectivity index (χ0n) is 17.7. The molecule has 0 saturated heterocycles. The molecule has 160 valence electrons. The van der Waals surface area contributed by atoms with Gasteiger partial charge in [-0.2, -0.15) is 5.10 Å². The number of halogens is 1. The molecule has 0 spiro atoms. The number of para-hydroxylation sites is 1. The molecule has 1 aliphatic heterocycles. The summed E-state index contributed by atoms with van der Waals surface area (Å²) < 4.78 is 0. The van der Waals surface area contributed by atoms with Crippen LogP contribution in [0.5, 0.6) is 0 Å². The molecule has 0 amide bonds. The van der Waals surface area contributed by atoms with Crippen molar-refractivity contribution in [2.45, 2.75) is 19.0 Å². The van der Waals surface area contributed by atoms with E-state index < -0.39 is 0 Å². The minimum Gasteiger partial charge on any atom is -0.347 e. The topological polar surface area (TPSA) is 31.7 Å². The Bertz CT molecular complexity index is 1210. The van der Waals surface area contributed by atoms with Gasteiger partial charge in [-0.3, -0.25) is 5.01 Å². The molecular weight excluding hydrogens is 436 g/mol. The molecule has 1 aromatic heterocycles. The van der Waals surface area contributed by atoms with Crippen LogP contribution in [0.25, 0.3) is 0 Å². The standard InChI is InChI=1S/C26H23ClN4S/c1-30(18-19-11-5-2-6-12-19)26-28-25(27)24(32-26)23-17-22(20-13-7-3-8-14-20)29-31(23)21-15-9-4-10-16-21/h2-16,23H,17-18H2,1H3. The van der Waals surface area contributed by atoms with Gasteiger partial charge >= 0.3 is 0 Å². The average Bonchev–Trinajstić information content (AvgIpc) is 3.45. The highest BCUT2D eigenvalue weighted by Gasteiger charge is 2.33. The maximum Gasteiger partial charge on any atom is 0.187 e. The van der Waals surface area contributed by atoms with E-state index >= 15 is 0 Å². The number of hydrazone groups is 1. The maximum atomic E-state index is 6.71. The Morgan fingerprint density at radius 3 is 2.25 bits per heavy atom. The van der Waals surface area contributed by atoms with Gasteiger partial charge in [0, 0.05) is 20.0 Å². The van der Waals surface area contributed by atoms with Crippen LogP contribution in [0.15, 0.2) is 96.1 Å². The van der Waals surface area contributed by atoms with Crippen LogP contribution in [0, 0.1) is 0 Å². The Hall–Kier alpha value is -3.15. The highest BCUT2D eigenvalue weighted by atomic mass is 35.5. The van der Waals surface area contributed by atoms with Crippen molar-refractivity contribution in [3.63, 3.8) is 0 Å². The number of hydrogen-bond acceptors (Lipinski definition) is 5. The van der Waals surface area contributed by atoms with E-state index in [1.165, 1.54) is 5.56 Å². The van der Waals surface area contributed by atoms with Gasteiger partial charge in [-0.05, 0) is 23.3 Å². The largest absolute Gasteiger partial charge is 0.347 e. The van der Waals surface area contributed by atoms with Crippen LogP contribution < -0.4 is 9.91 Å². The molecular formula is C26H23ClN4S. The number of rotatable bonds is 6. The molecule has 6 heteroatoms. The second kappa shape index (κ2) is 9.15. The molecule has 3 aromatic carbocycles. The lowest BCUT2D eigenvalue weighted by Gasteiger charge is -2.22. The van der Waals surface area contributed by atoms with E-state index in [1.807, 2.05) is 42.5 Å². The SMILES string of the molecule is CN(Cc1ccccc1)c1nc(Cl)c(C2CC(c3ccccc3)=NN2c2ccccc2)s1. The first-order chi connectivity index (χ1) is 15.7. The molecule has 5 rings (SSSR count). The van der Waals surface area contributed by atoms with E-state index in [0.717, 1.165) is 39.9 Å². The fraction of sp³-hybridized carbons (Fsp3) is 0.154. The van der Waals surface area contributed by atoms with Crippen molar-refractivity contribution in [1.29, 1.82) is 0 Å². The monoisotopic (exact) mass is 458 g/mol. The van der Waals surface area contributed by atoms with Gasteiger partial charge in [0.1, 0.15) is 5.15 Å². The first-order valence-corrected chi connectivity index (χ1v) is 11.8. The third-order valence-corrected chi connectivity index (χ3v) is 7.20. The molecule has 2 heterocycles. The fourth-order valence-electron chi connectivity index (χ4n) is 3.93. The molecule has 0 radical (unpaired) electrons. The van der Waals surface area contributed by atoms with Gasteiger partial charge in [0.2, 0.25) is 0 Å². The predicted molar refractivity (Wildman–Crippen MR) is 135 cm³/mol. The molecule has 0 fully saturated rings. The summed E-state index contributed by atoms with van der Waals surface area (Å²) in [7, 11) is 2.06. The fourth-order valence-corrected chi connectivity index (χ4v) is 5.31. The Morgan fingerprint density at radius 2 is 1.56 bits per heavy atom. The summed E-state index contributed by atoms with van der Waals surface area (Å²) in [6.45, 7) is 0.781. The Balaban J connectivity index is 1.46. The minimum absolute atomic E-state index is 0.0106. The number of hydrogen-bond donors (Lipinski definition) is 0. The van der Waals surface area contributed by atoms with E-state index in [0.29, 0.717) is 5.15 Å². The summed E-state index contributed by atoms with van der Waals surface area (Å²) in [4.78, 5) is 7.90. The predicted octanol–water partition coefficient (Wildman–Crippen LogP) is 6.79. The summed E-state index contributed by atoms with van der Waals surface area (Å²) in [6, 6.07) is 31.0. The van der Waals surface area contributed by atoms with E-state index in [4.69, 9.17) is 21.7 Å². The van der Waals surface area contributed by atoms with E-state index in [-0.39, 0.29) is 6.04 Å². The molecule has 0 saturated carbocycles. The highest BCUT2D eigenvalue weighted by molar-refractivity contribution is 7.16. The number of nitrogens with zero attached hydrogens (tertiary/aromatic N) is 4. The number of benzene rings is 3. The van der Waals surface area contributed by atoms with Gasteiger partial charge in [-0.1, -0.05) is 102 Å². The van der Waals surface area contributed by atoms with Crippen LogP contribution in [-0.2, 0) is 6.54 Å². The Morgan fingerprint density at radius 1 is 0.938 bits per heavy atom. The first-order valence-electron chi connectivity index (χ1n) is 10.6. The first kappa shape index (κ1) is 20.7. The summed E-state index contributed by atoms with van der Waals surface area (Å²) in [6.07, 6.45) is 0.780. The summed E-state index contributed by atoms with van der Waals surface area (Å²) in [5, 5.41) is 8.56. The molecule has 0 aliphatic carbocycles. The van der Waals surface area contributed by atoms with Crippen LogP contribution in [0.1, 0.15) is 28.5 Å². The summed E-state index contributed by atoms with van der Waals surface area (Å²) >= 11 is 8.36. The summed E-state index contributed by atoms with van der Waals surface area (Å²) in [5.41, 5.74) is 4.48. The zero-order chi connectivity index (χ0) is 21.9. The maximum absolute atomic E-state index is 6.71. The van der Waals surface area contributed by atoms with Crippen LogP contribution in [-0.4, -0.2) is 17.7 Å². The second-order valence-electron chi connectivity index (χ2n) is 7.81. The van der Waals surface area contributed by atoms with Crippen molar-refractivity contribution < 1.29 is 0 Å². The normalized spacial score (nSPS) is 15.6. The number of anilines is 2. The van der Waals surface area contributed by atoms with Gasteiger partial charge in [-0.25, -0.2) is 4.98 Å². The molecule has 1 unspecified atom stereocenters. The smallest absolute Gasteiger partial charge is 0.187 e. The van der Waals surface area contributed by atoms with E-state index in [2.05, 4.69) is 65.5 Å². The van der Waals surface area contributed by atoms with Crippen LogP contribution in [0.2, 0.25) is 5.15 Å². The molecule has 32 heavy (non-hydrogen) atoms. The Labute approximate surface area is 197 Å². The lowest BCUT2D eigenvalue weighted by Crippen LogP contribution is -2.18. The van der Waals surface area contributed by atoms with E-state index in [1.54, 1.807) is 11.3 Å². The molecule has 4 nitrogen and oxygen atoms in total. The van der Waals surface area contributed by atoms with Gasteiger partial charge in [-0.15, -0.1) is 0 Å². The zero-order valence-corrected chi connectivity index (χ0v) is 19.3. The van der Waals surface area contributed by atoms with Crippen LogP contribution in [0.3, 0.4) is 0 Å². The lowest BCUT2D eigenvalue weighted by molar-refractivity contribution is 0.720. The van der Waals surface area contributed by atoms with E-state index in [9.17, 15) is 0 Å². The van der Waals surface area contributed by atoms with Gasteiger partial charge in [0.15, 0.2) is 5.13 Å². The molecule has 0 bridgehead atoms. The van der Waals surface area contributed by atoms with Crippen molar-refractivity contribution in [2.75, 3.05) is 17.0 Å². The lowest BCUT2D eigenvalue weighted by atomic mass is 10.0.